The highest BCUT2D eigenvalue weighted by atomic mass is 16.1. The molecule has 1 aliphatic rings. The molecule has 1 saturated carbocycles. The Morgan fingerprint density at radius 1 is 1.57 bits per heavy atom. The molecule has 1 N–H and O–H groups in total. The summed E-state index contributed by atoms with van der Waals surface area (Å²) in [6, 6.07) is 3.66. The number of aryl methyl sites for hydroxylation is 1. The normalized spacial score (nSPS) is 15.2. The van der Waals surface area contributed by atoms with Crippen molar-refractivity contribution in [3.8, 4) is 0 Å². The Morgan fingerprint density at radius 3 is 2.93 bits per heavy atom. The molecule has 3 heteroatoms. The summed E-state index contributed by atoms with van der Waals surface area (Å²) in [5.74, 6) is 0.710. The van der Waals surface area contributed by atoms with Crippen molar-refractivity contribution in [2.24, 2.45) is 5.92 Å². The van der Waals surface area contributed by atoms with Crippen molar-refractivity contribution in [2.45, 2.75) is 19.8 Å². The third-order valence-electron chi connectivity index (χ3n) is 2.42. The van der Waals surface area contributed by atoms with Gasteiger partial charge in [0.2, 0.25) is 0 Å². The van der Waals surface area contributed by atoms with Crippen LogP contribution in [0.3, 0.4) is 0 Å². The lowest BCUT2D eigenvalue weighted by molar-refractivity contribution is 0.0951. The molecule has 1 heterocycles. The Balaban J connectivity index is 1.92. The van der Waals surface area contributed by atoms with Crippen LogP contribution in [0.4, 0.5) is 0 Å². The van der Waals surface area contributed by atoms with E-state index in [1.54, 1.807) is 6.20 Å². The molecule has 0 bridgehead atoms. The van der Waals surface area contributed by atoms with E-state index in [1.165, 1.54) is 12.8 Å². The molecular formula is C11H14N2O. The molecule has 1 fully saturated rings. The standard InChI is InChI=1S/C11H14N2O/c1-8-2-5-10(7-12-8)11(14)13-6-9-3-4-9/h2,5,7,9H,3-4,6H2,1H3,(H,13,14). The SMILES string of the molecule is Cc1ccc(C(=O)NCC2CC2)cn1. The van der Waals surface area contributed by atoms with Crippen LogP contribution in [0.5, 0.6) is 0 Å². The Kier molecular flexibility index (Phi) is 2.48. The number of amides is 1. The van der Waals surface area contributed by atoms with Crippen LogP contribution in [0.25, 0.3) is 0 Å². The molecule has 0 atom stereocenters. The lowest BCUT2D eigenvalue weighted by Gasteiger charge is -2.03. The molecule has 74 valence electrons. The van der Waals surface area contributed by atoms with E-state index in [0.717, 1.165) is 18.2 Å². The van der Waals surface area contributed by atoms with E-state index in [1.807, 2.05) is 19.1 Å². The summed E-state index contributed by atoms with van der Waals surface area (Å²) < 4.78 is 0. The topological polar surface area (TPSA) is 42.0 Å². The van der Waals surface area contributed by atoms with Crippen LogP contribution in [-0.4, -0.2) is 17.4 Å². The molecule has 0 unspecified atom stereocenters. The minimum atomic E-state index is -0.00981. The van der Waals surface area contributed by atoms with E-state index in [-0.39, 0.29) is 5.91 Å². The van der Waals surface area contributed by atoms with Crippen LogP contribution in [-0.2, 0) is 0 Å². The Hall–Kier alpha value is -1.38. The fourth-order valence-electron chi connectivity index (χ4n) is 1.26. The van der Waals surface area contributed by atoms with Crippen LogP contribution in [0.15, 0.2) is 18.3 Å². The van der Waals surface area contributed by atoms with E-state index in [4.69, 9.17) is 0 Å². The first-order valence-electron chi connectivity index (χ1n) is 4.96. The summed E-state index contributed by atoms with van der Waals surface area (Å²) in [5, 5.41) is 2.90. The number of rotatable bonds is 3. The number of aromatic nitrogens is 1. The minimum Gasteiger partial charge on any atom is -0.352 e. The highest BCUT2D eigenvalue weighted by Crippen LogP contribution is 2.27. The van der Waals surface area contributed by atoms with Gasteiger partial charge in [-0.05, 0) is 37.8 Å². The number of pyridine rings is 1. The van der Waals surface area contributed by atoms with Crippen molar-refractivity contribution >= 4 is 5.91 Å². The summed E-state index contributed by atoms with van der Waals surface area (Å²) in [5.41, 5.74) is 1.58. The highest BCUT2D eigenvalue weighted by Gasteiger charge is 2.21. The van der Waals surface area contributed by atoms with Gasteiger partial charge in [-0.1, -0.05) is 0 Å². The second-order valence-electron chi connectivity index (χ2n) is 3.84. The van der Waals surface area contributed by atoms with E-state index < -0.39 is 0 Å². The molecule has 0 saturated heterocycles. The predicted octanol–water partition coefficient (Wildman–Crippen LogP) is 1.53. The molecule has 3 nitrogen and oxygen atoms in total. The number of nitrogens with one attached hydrogen (secondary N) is 1. The fourth-order valence-corrected chi connectivity index (χ4v) is 1.26. The van der Waals surface area contributed by atoms with Gasteiger partial charge in [0.15, 0.2) is 0 Å². The monoisotopic (exact) mass is 190 g/mol. The first kappa shape index (κ1) is 9.19. The van der Waals surface area contributed by atoms with Crippen molar-refractivity contribution in [3.05, 3.63) is 29.6 Å². The molecule has 0 aromatic carbocycles. The van der Waals surface area contributed by atoms with E-state index in [2.05, 4.69) is 10.3 Å². The summed E-state index contributed by atoms with van der Waals surface area (Å²) in [4.78, 5) is 15.6. The highest BCUT2D eigenvalue weighted by molar-refractivity contribution is 5.93. The van der Waals surface area contributed by atoms with Crippen LogP contribution in [0, 0.1) is 12.8 Å². The maximum absolute atomic E-state index is 11.5. The Morgan fingerprint density at radius 2 is 2.36 bits per heavy atom. The number of carbonyl (C=O) groups excluding carboxylic acids is 1. The molecular weight excluding hydrogens is 176 g/mol. The molecule has 2 rings (SSSR count). The molecule has 0 aliphatic heterocycles. The van der Waals surface area contributed by atoms with Gasteiger partial charge < -0.3 is 5.32 Å². The molecule has 0 radical (unpaired) electrons. The lowest BCUT2D eigenvalue weighted by atomic mass is 10.2. The van der Waals surface area contributed by atoms with Crippen molar-refractivity contribution in [1.82, 2.24) is 10.3 Å². The van der Waals surface area contributed by atoms with Crippen molar-refractivity contribution in [2.75, 3.05) is 6.54 Å². The minimum absolute atomic E-state index is 0.00981. The zero-order chi connectivity index (χ0) is 9.97. The van der Waals surface area contributed by atoms with Crippen molar-refractivity contribution in [3.63, 3.8) is 0 Å². The van der Waals surface area contributed by atoms with Gasteiger partial charge in [0, 0.05) is 18.4 Å². The van der Waals surface area contributed by atoms with Gasteiger partial charge in [-0.25, -0.2) is 0 Å². The number of carbonyl (C=O) groups is 1. The molecule has 14 heavy (non-hydrogen) atoms. The van der Waals surface area contributed by atoms with Gasteiger partial charge >= 0.3 is 0 Å². The van der Waals surface area contributed by atoms with Gasteiger partial charge in [-0.2, -0.15) is 0 Å². The fraction of sp³-hybridized carbons (Fsp3) is 0.455. The Labute approximate surface area is 83.5 Å². The lowest BCUT2D eigenvalue weighted by Crippen LogP contribution is -2.25. The van der Waals surface area contributed by atoms with E-state index >= 15 is 0 Å². The van der Waals surface area contributed by atoms with Gasteiger partial charge in [0.1, 0.15) is 0 Å². The van der Waals surface area contributed by atoms with Crippen LogP contribution < -0.4 is 5.32 Å². The third-order valence-corrected chi connectivity index (χ3v) is 2.42. The summed E-state index contributed by atoms with van der Waals surface area (Å²) in [6.07, 6.45) is 4.14. The second kappa shape index (κ2) is 3.78. The average molecular weight is 190 g/mol. The number of nitrogens with zero attached hydrogens (tertiary/aromatic N) is 1. The molecule has 1 aromatic rings. The molecule has 1 aliphatic carbocycles. The number of hydrogen-bond donors (Lipinski definition) is 1. The van der Waals surface area contributed by atoms with E-state index in [0.29, 0.717) is 5.56 Å². The van der Waals surface area contributed by atoms with Crippen LogP contribution >= 0.6 is 0 Å². The average Bonchev–Trinajstić information content (AvgIpc) is 2.99. The quantitative estimate of drug-likeness (QED) is 0.785. The van der Waals surface area contributed by atoms with Crippen molar-refractivity contribution in [1.29, 1.82) is 0 Å². The molecule has 1 amide bonds. The summed E-state index contributed by atoms with van der Waals surface area (Å²) in [6.45, 7) is 2.72. The maximum atomic E-state index is 11.5. The third kappa shape index (κ3) is 2.31. The largest absolute Gasteiger partial charge is 0.352 e. The first-order valence-corrected chi connectivity index (χ1v) is 4.96. The van der Waals surface area contributed by atoms with Gasteiger partial charge in [-0.3, -0.25) is 9.78 Å². The Bertz CT molecular complexity index is 328. The number of hydrogen-bond acceptors (Lipinski definition) is 2. The maximum Gasteiger partial charge on any atom is 0.252 e. The first-order chi connectivity index (χ1) is 6.75. The predicted molar refractivity (Wildman–Crippen MR) is 54.0 cm³/mol. The van der Waals surface area contributed by atoms with E-state index in [9.17, 15) is 4.79 Å². The zero-order valence-corrected chi connectivity index (χ0v) is 8.29. The van der Waals surface area contributed by atoms with Crippen LogP contribution in [0.2, 0.25) is 0 Å². The summed E-state index contributed by atoms with van der Waals surface area (Å²) >= 11 is 0. The summed E-state index contributed by atoms with van der Waals surface area (Å²) in [7, 11) is 0. The molecule has 1 aromatic heterocycles. The molecule has 0 spiro atoms. The van der Waals surface area contributed by atoms with Gasteiger partial charge in [-0.15, -0.1) is 0 Å². The zero-order valence-electron chi connectivity index (χ0n) is 8.29. The van der Waals surface area contributed by atoms with Gasteiger partial charge in [0.05, 0.1) is 5.56 Å². The van der Waals surface area contributed by atoms with Crippen LogP contribution in [0.1, 0.15) is 28.9 Å². The smallest absolute Gasteiger partial charge is 0.252 e. The second-order valence-corrected chi connectivity index (χ2v) is 3.84. The van der Waals surface area contributed by atoms with Gasteiger partial charge in [0.25, 0.3) is 5.91 Å². The van der Waals surface area contributed by atoms with Crippen molar-refractivity contribution < 1.29 is 4.79 Å².